The topological polar surface area (TPSA) is 77.5 Å². The van der Waals surface area contributed by atoms with Gasteiger partial charge in [-0.15, -0.1) is 0 Å². The van der Waals surface area contributed by atoms with Gasteiger partial charge in [0.2, 0.25) is 0 Å². The Labute approximate surface area is 148 Å². The van der Waals surface area contributed by atoms with Gasteiger partial charge in [-0.05, 0) is 36.4 Å². The van der Waals surface area contributed by atoms with Gasteiger partial charge in [-0.1, -0.05) is 23.2 Å². The molecule has 0 aliphatic heterocycles. The maximum atomic E-state index is 11.7. The first kappa shape index (κ1) is 18.0. The molecule has 2 aromatic rings. The van der Waals surface area contributed by atoms with Crippen molar-refractivity contribution in [2.75, 3.05) is 19.8 Å². The van der Waals surface area contributed by atoms with Crippen molar-refractivity contribution in [1.82, 2.24) is 10.3 Å². The Morgan fingerprint density at radius 2 is 1.83 bits per heavy atom. The average Bonchev–Trinajstić information content (AvgIpc) is 2.58. The van der Waals surface area contributed by atoms with Gasteiger partial charge in [0.05, 0.1) is 6.54 Å². The molecule has 0 unspecified atom stereocenters. The van der Waals surface area contributed by atoms with E-state index in [4.69, 9.17) is 32.7 Å². The molecule has 1 amide bonds. The number of benzene rings is 1. The molecule has 0 bridgehead atoms. The number of pyridine rings is 1. The summed E-state index contributed by atoms with van der Waals surface area (Å²) < 4.78 is 10.3. The zero-order valence-corrected chi connectivity index (χ0v) is 14.0. The van der Waals surface area contributed by atoms with Crippen LogP contribution in [0.25, 0.3) is 0 Å². The van der Waals surface area contributed by atoms with E-state index in [0.717, 1.165) is 0 Å². The number of ether oxygens (including phenoxy) is 2. The van der Waals surface area contributed by atoms with Crippen LogP contribution < -0.4 is 10.1 Å². The summed E-state index contributed by atoms with van der Waals surface area (Å²) in [6.45, 7) is 0.138. The number of amides is 1. The van der Waals surface area contributed by atoms with E-state index in [1.807, 2.05) is 0 Å². The van der Waals surface area contributed by atoms with Crippen molar-refractivity contribution in [2.24, 2.45) is 0 Å². The van der Waals surface area contributed by atoms with Crippen LogP contribution in [0.1, 0.15) is 10.5 Å². The third kappa shape index (κ3) is 6.06. The van der Waals surface area contributed by atoms with E-state index in [0.29, 0.717) is 15.8 Å². The molecule has 126 valence electrons. The highest BCUT2D eigenvalue weighted by molar-refractivity contribution is 6.31. The molecule has 1 heterocycles. The molecule has 0 radical (unpaired) electrons. The zero-order chi connectivity index (χ0) is 17.4. The maximum absolute atomic E-state index is 11.7. The second-order valence-corrected chi connectivity index (χ2v) is 5.46. The molecule has 0 saturated carbocycles. The van der Waals surface area contributed by atoms with Gasteiger partial charge in [0.1, 0.15) is 18.1 Å². The molecule has 0 saturated heterocycles. The fourth-order valence-electron chi connectivity index (χ4n) is 1.66. The zero-order valence-electron chi connectivity index (χ0n) is 12.5. The first-order valence-corrected chi connectivity index (χ1v) is 7.74. The Kier molecular flexibility index (Phi) is 6.84. The Morgan fingerprint density at radius 1 is 1.08 bits per heavy atom. The summed E-state index contributed by atoms with van der Waals surface area (Å²) in [7, 11) is 0. The maximum Gasteiger partial charge on any atom is 0.357 e. The average molecular weight is 369 g/mol. The van der Waals surface area contributed by atoms with Crippen molar-refractivity contribution in [1.29, 1.82) is 0 Å². The first-order valence-electron chi connectivity index (χ1n) is 6.98. The van der Waals surface area contributed by atoms with Crippen molar-refractivity contribution in [3.05, 3.63) is 58.3 Å². The highest BCUT2D eigenvalue weighted by atomic mass is 35.5. The fraction of sp³-hybridized carbons (Fsp3) is 0.188. The molecule has 1 N–H and O–H groups in total. The van der Waals surface area contributed by atoms with Gasteiger partial charge in [0.25, 0.3) is 5.91 Å². The van der Waals surface area contributed by atoms with Crippen molar-refractivity contribution < 1.29 is 19.1 Å². The van der Waals surface area contributed by atoms with Crippen molar-refractivity contribution >= 4 is 35.1 Å². The fourth-order valence-corrected chi connectivity index (χ4v) is 1.95. The van der Waals surface area contributed by atoms with Crippen LogP contribution in [0.3, 0.4) is 0 Å². The standard InChI is InChI=1S/C16H14Cl2N2O4/c17-11-1-3-13(4-2-11)23-8-7-20-15(21)10-24-16(22)14-9-12(18)5-6-19-14/h1-6,9H,7-8,10H2,(H,20,21). The number of nitrogens with one attached hydrogen (secondary N) is 1. The van der Waals surface area contributed by atoms with E-state index in [1.54, 1.807) is 24.3 Å². The molecule has 8 heteroatoms. The lowest BCUT2D eigenvalue weighted by molar-refractivity contribution is -0.124. The second-order valence-electron chi connectivity index (χ2n) is 4.59. The third-order valence-corrected chi connectivity index (χ3v) is 3.26. The van der Waals surface area contributed by atoms with E-state index < -0.39 is 18.5 Å². The molecule has 0 aliphatic rings. The van der Waals surface area contributed by atoms with Crippen LogP contribution in [0.2, 0.25) is 10.0 Å². The number of carbonyl (C=O) groups is 2. The van der Waals surface area contributed by atoms with Gasteiger partial charge >= 0.3 is 5.97 Å². The van der Waals surface area contributed by atoms with E-state index in [-0.39, 0.29) is 18.8 Å². The normalized spacial score (nSPS) is 10.1. The Balaban J connectivity index is 1.64. The van der Waals surface area contributed by atoms with Crippen LogP contribution in [0.4, 0.5) is 0 Å². The predicted octanol–water partition coefficient (Wildman–Crippen LogP) is 2.74. The summed E-state index contributed by atoms with van der Waals surface area (Å²) >= 11 is 11.5. The van der Waals surface area contributed by atoms with Gasteiger partial charge in [-0.25, -0.2) is 9.78 Å². The quantitative estimate of drug-likeness (QED) is 0.600. The van der Waals surface area contributed by atoms with Gasteiger partial charge < -0.3 is 14.8 Å². The van der Waals surface area contributed by atoms with Crippen LogP contribution >= 0.6 is 23.2 Å². The molecule has 2 rings (SSSR count). The number of hydrogen-bond donors (Lipinski definition) is 1. The van der Waals surface area contributed by atoms with Gasteiger partial charge in [-0.3, -0.25) is 4.79 Å². The number of esters is 1. The van der Waals surface area contributed by atoms with Crippen molar-refractivity contribution in [2.45, 2.75) is 0 Å². The van der Waals surface area contributed by atoms with Crippen LogP contribution in [-0.4, -0.2) is 36.6 Å². The van der Waals surface area contributed by atoms with Crippen LogP contribution in [0, 0.1) is 0 Å². The minimum absolute atomic E-state index is 0.0429. The summed E-state index contributed by atoms with van der Waals surface area (Å²) in [6, 6.07) is 9.76. The van der Waals surface area contributed by atoms with Gasteiger partial charge in [-0.2, -0.15) is 0 Å². The first-order chi connectivity index (χ1) is 11.5. The molecular formula is C16H14Cl2N2O4. The number of nitrogens with zero attached hydrogens (tertiary/aromatic N) is 1. The second kappa shape index (κ2) is 9.10. The SMILES string of the molecule is O=C(COC(=O)c1cc(Cl)ccn1)NCCOc1ccc(Cl)cc1. The minimum Gasteiger partial charge on any atom is -0.492 e. The summed E-state index contributed by atoms with van der Waals surface area (Å²) in [5.74, 6) is -0.512. The van der Waals surface area contributed by atoms with E-state index in [1.165, 1.54) is 18.3 Å². The molecule has 6 nitrogen and oxygen atoms in total. The predicted molar refractivity (Wildman–Crippen MR) is 89.5 cm³/mol. The van der Waals surface area contributed by atoms with E-state index in [2.05, 4.69) is 10.3 Å². The molecule has 1 aromatic carbocycles. The highest BCUT2D eigenvalue weighted by Crippen LogP contribution is 2.15. The smallest absolute Gasteiger partial charge is 0.357 e. The molecular weight excluding hydrogens is 355 g/mol. The lowest BCUT2D eigenvalue weighted by Crippen LogP contribution is -2.32. The van der Waals surface area contributed by atoms with Crippen LogP contribution in [-0.2, 0) is 9.53 Å². The van der Waals surface area contributed by atoms with Gasteiger partial charge in [0, 0.05) is 16.2 Å². The summed E-state index contributed by atoms with van der Waals surface area (Å²) in [5.41, 5.74) is 0.0429. The van der Waals surface area contributed by atoms with E-state index in [9.17, 15) is 9.59 Å². The number of hydrogen-bond acceptors (Lipinski definition) is 5. The Bertz CT molecular complexity index is 707. The number of rotatable bonds is 7. The summed E-state index contributed by atoms with van der Waals surface area (Å²) in [4.78, 5) is 27.1. The molecule has 24 heavy (non-hydrogen) atoms. The monoisotopic (exact) mass is 368 g/mol. The Hall–Kier alpha value is -2.31. The summed E-state index contributed by atoms with van der Waals surface area (Å²) in [6.07, 6.45) is 1.38. The van der Waals surface area contributed by atoms with Crippen LogP contribution in [0.15, 0.2) is 42.6 Å². The highest BCUT2D eigenvalue weighted by Gasteiger charge is 2.11. The van der Waals surface area contributed by atoms with Crippen molar-refractivity contribution in [3.63, 3.8) is 0 Å². The van der Waals surface area contributed by atoms with Gasteiger partial charge in [0.15, 0.2) is 6.61 Å². The molecule has 0 fully saturated rings. The third-order valence-electron chi connectivity index (χ3n) is 2.77. The largest absolute Gasteiger partial charge is 0.492 e. The number of halogens is 2. The summed E-state index contributed by atoms with van der Waals surface area (Å²) in [5, 5.41) is 3.55. The molecule has 0 spiro atoms. The number of aromatic nitrogens is 1. The van der Waals surface area contributed by atoms with Crippen molar-refractivity contribution in [3.8, 4) is 5.75 Å². The van der Waals surface area contributed by atoms with E-state index >= 15 is 0 Å². The molecule has 0 aliphatic carbocycles. The molecule has 0 atom stereocenters. The lowest BCUT2D eigenvalue weighted by atomic mass is 10.3. The minimum atomic E-state index is -0.718. The number of carbonyl (C=O) groups excluding carboxylic acids is 2. The lowest BCUT2D eigenvalue weighted by Gasteiger charge is -2.08. The molecule has 1 aromatic heterocycles. The van der Waals surface area contributed by atoms with Crippen LogP contribution in [0.5, 0.6) is 5.75 Å². The Morgan fingerprint density at radius 3 is 2.54 bits per heavy atom.